The summed E-state index contributed by atoms with van der Waals surface area (Å²) in [5.41, 5.74) is 8.33. The van der Waals surface area contributed by atoms with Gasteiger partial charge in [-0.25, -0.2) is 4.98 Å². The first kappa shape index (κ1) is 14.9. The minimum atomic E-state index is 0.462. The first-order valence-electron chi connectivity index (χ1n) is 7.23. The molecule has 0 bridgehead atoms. The van der Waals surface area contributed by atoms with Crippen molar-refractivity contribution >= 4 is 11.3 Å². The van der Waals surface area contributed by atoms with Crippen molar-refractivity contribution in [2.45, 2.75) is 26.8 Å². The zero-order valence-corrected chi connectivity index (χ0v) is 13.4. The number of rotatable bonds is 5. The predicted octanol–water partition coefficient (Wildman–Crippen LogP) is 3.52. The molecule has 22 heavy (non-hydrogen) atoms. The molecular formula is C16H18N4OS. The van der Waals surface area contributed by atoms with Gasteiger partial charge in [0, 0.05) is 23.9 Å². The molecule has 0 fully saturated rings. The fourth-order valence-electron chi connectivity index (χ4n) is 2.09. The summed E-state index contributed by atoms with van der Waals surface area (Å²) in [4.78, 5) is 8.99. The van der Waals surface area contributed by atoms with Crippen molar-refractivity contribution in [2.75, 3.05) is 0 Å². The molecule has 0 aliphatic rings. The molecule has 3 aromatic rings. The van der Waals surface area contributed by atoms with Crippen LogP contribution in [0, 0.1) is 5.92 Å². The van der Waals surface area contributed by atoms with Crippen LogP contribution in [0.5, 0.6) is 0 Å². The summed E-state index contributed by atoms with van der Waals surface area (Å²) in [5.74, 6) is 1.61. The molecular weight excluding hydrogens is 296 g/mol. The van der Waals surface area contributed by atoms with Crippen LogP contribution >= 0.6 is 11.3 Å². The summed E-state index contributed by atoms with van der Waals surface area (Å²) >= 11 is 1.63. The number of nitrogens with two attached hydrogens (primary N) is 1. The molecule has 0 unspecified atom stereocenters. The summed E-state index contributed by atoms with van der Waals surface area (Å²) < 4.78 is 5.34. The quantitative estimate of drug-likeness (QED) is 0.779. The van der Waals surface area contributed by atoms with E-state index >= 15 is 0 Å². The van der Waals surface area contributed by atoms with Crippen molar-refractivity contribution in [3.8, 4) is 23.0 Å². The van der Waals surface area contributed by atoms with Gasteiger partial charge < -0.3 is 10.3 Å². The van der Waals surface area contributed by atoms with Gasteiger partial charge in [0.2, 0.25) is 5.82 Å². The van der Waals surface area contributed by atoms with Gasteiger partial charge in [0.25, 0.3) is 5.89 Å². The Labute approximate surface area is 133 Å². The molecule has 2 N–H and O–H groups in total. The van der Waals surface area contributed by atoms with Gasteiger partial charge in [-0.2, -0.15) is 4.98 Å². The number of hydrogen-bond donors (Lipinski definition) is 1. The Morgan fingerprint density at radius 1 is 1.18 bits per heavy atom. The highest BCUT2D eigenvalue weighted by Crippen LogP contribution is 2.25. The van der Waals surface area contributed by atoms with E-state index in [1.54, 1.807) is 11.3 Å². The van der Waals surface area contributed by atoms with Crippen LogP contribution in [0.3, 0.4) is 0 Å². The van der Waals surface area contributed by atoms with Crippen LogP contribution < -0.4 is 5.73 Å². The number of aromatic nitrogens is 3. The van der Waals surface area contributed by atoms with Crippen LogP contribution in [0.4, 0.5) is 0 Å². The van der Waals surface area contributed by atoms with E-state index in [0.29, 0.717) is 24.2 Å². The van der Waals surface area contributed by atoms with Gasteiger partial charge >= 0.3 is 0 Å². The van der Waals surface area contributed by atoms with Crippen molar-refractivity contribution in [2.24, 2.45) is 11.7 Å². The van der Waals surface area contributed by atoms with Crippen LogP contribution in [0.25, 0.3) is 23.0 Å². The maximum Gasteiger partial charge on any atom is 0.277 e. The van der Waals surface area contributed by atoms with Crippen LogP contribution in [0.2, 0.25) is 0 Å². The molecule has 2 aromatic heterocycles. The lowest BCUT2D eigenvalue weighted by molar-refractivity contribution is 0.431. The van der Waals surface area contributed by atoms with Gasteiger partial charge in [-0.05, 0) is 11.5 Å². The third kappa shape index (κ3) is 3.23. The Kier molecular flexibility index (Phi) is 4.31. The second-order valence-electron chi connectivity index (χ2n) is 5.55. The van der Waals surface area contributed by atoms with E-state index in [-0.39, 0.29) is 0 Å². The molecule has 2 heterocycles. The second-order valence-corrected chi connectivity index (χ2v) is 6.49. The maximum atomic E-state index is 5.60. The van der Waals surface area contributed by atoms with E-state index in [2.05, 4.69) is 29.0 Å². The first-order valence-corrected chi connectivity index (χ1v) is 8.11. The third-order valence-corrected chi connectivity index (χ3v) is 4.10. The molecule has 114 valence electrons. The topological polar surface area (TPSA) is 77.8 Å². The van der Waals surface area contributed by atoms with E-state index in [9.17, 15) is 0 Å². The molecule has 0 aliphatic heterocycles. The highest BCUT2D eigenvalue weighted by molar-refractivity contribution is 7.09. The lowest BCUT2D eigenvalue weighted by atomic mass is 10.1. The first-order chi connectivity index (χ1) is 10.7. The highest BCUT2D eigenvalue weighted by atomic mass is 32.1. The van der Waals surface area contributed by atoms with Crippen molar-refractivity contribution in [1.82, 2.24) is 15.1 Å². The van der Waals surface area contributed by atoms with E-state index < -0.39 is 0 Å². The van der Waals surface area contributed by atoms with Gasteiger partial charge in [0.05, 0.1) is 5.01 Å². The molecule has 0 saturated heterocycles. The minimum Gasteiger partial charge on any atom is -0.332 e. The van der Waals surface area contributed by atoms with Gasteiger partial charge in [0.15, 0.2) is 0 Å². The average molecular weight is 314 g/mol. The van der Waals surface area contributed by atoms with Gasteiger partial charge in [-0.1, -0.05) is 43.3 Å². The SMILES string of the molecule is CC(C)Cc1nc(-c2nc(-c3ccc(CN)cc3)no2)cs1. The summed E-state index contributed by atoms with van der Waals surface area (Å²) in [6.45, 7) is 4.88. The van der Waals surface area contributed by atoms with E-state index in [0.717, 1.165) is 28.2 Å². The lowest BCUT2D eigenvalue weighted by Gasteiger charge is -1.98. The Morgan fingerprint density at radius 3 is 2.64 bits per heavy atom. The molecule has 1 aromatic carbocycles. The van der Waals surface area contributed by atoms with Crippen molar-refractivity contribution in [3.63, 3.8) is 0 Å². The number of benzene rings is 1. The van der Waals surface area contributed by atoms with Gasteiger partial charge in [0.1, 0.15) is 5.69 Å². The number of thiazole rings is 1. The minimum absolute atomic E-state index is 0.462. The molecule has 0 atom stereocenters. The average Bonchev–Trinajstić information content (AvgIpc) is 3.15. The van der Waals surface area contributed by atoms with E-state index in [1.807, 2.05) is 29.6 Å². The van der Waals surface area contributed by atoms with Crippen LogP contribution in [0.1, 0.15) is 24.4 Å². The maximum absolute atomic E-state index is 5.60. The standard InChI is InChI=1S/C16H18N4OS/c1-10(2)7-14-18-13(9-22-14)16-19-15(20-21-16)12-5-3-11(8-17)4-6-12/h3-6,9-10H,7-8,17H2,1-2H3. The largest absolute Gasteiger partial charge is 0.332 e. The molecule has 0 saturated carbocycles. The predicted molar refractivity (Wildman–Crippen MR) is 87.3 cm³/mol. The molecule has 6 heteroatoms. The van der Waals surface area contributed by atoms with Gasteiger partial charge in [-0.15, -0.1) is 11.3 Å². The van der Waals surface area contributed by atoms with Crippen LogP contribution in [0.15, 0.2) is 34.2 Å². The molecule has 0 spiro atoms. The fourth-order valence-corrected chi connectivity index (χ4v) is 3.07. The zero-order chi connectivity index (χ0) is 15.5. The zero-order valence-electron chi connectivity index (χ0n) is 12.6. The summed E-state index contributed by atoms with van der Waals surface area (Å²) in [6, 6.07) is 7.83. The number of hydrogen-bond acceptors (Lipinski definition) is 6. The molecule has 5 nitrogen and oxygen atoms in total. The summed E-state index contributed by atoms with van der Waals surface area (Å²) in [5, 5.41) is 7.10. The summed E-state index contributed by atoms with van der Waals surface area (Å²) in [7, 11) is 0. The highest BCUT2D eigenvalue weighted by Gasteiger charge is 2.14. The van der Waals surface area contributed by atoms with Crippen molar-refractivity contribution in [3.05, 3.63) is 40.2 Å². The molecule has 0 radical (unpaired) electrons. The Hall–Kier alpha value is -2.05. The van der Waals surface area contributed by atoms with Crippen molar-refractivity contribution < 1.29 is 4.52 Å². The smallest absolute Gasteiger partial charge is 0.277 e. The third-order valence-electron chi connectivity index (χ3n) is 3.23. The Balaban J connectivity index is 1.82. The van der Waals surface area contributed by atoms with Crippen molar-refractivity contribution in [1.29, 1.82) is 0 Å². The van der Waals surface area contributed by atoms with E-state index in [1.165, 1.54) is 0 Å². The number of nitrogens with zero attached hydrogens (tertiary/aromatic N) is 3. The Bertz CT molecular complexity index is 746. The normalized spacial score (nSPS) is 11.3. The molecule has 0 amide bonds. The second kappa shape index (κ2) is 6.37. The van der Waals surface area contributed by atoms with Crippen LogP contribution in [-0.2, 0) is 13.0 Å². The fraction of sp³-hybridized carbons (Fsp3) is 0.312. The summed E-state index contributed by atoms with van der Waals surface area (Å²) in [6.07, 6.45) is 0.964. The van der Waals surface area contributed by atoms with Crippen LogP contribution in [-0.4, -0.2) is 15.1 Å². The molecule has 0 aliphatic carbocycles. The monoisotopic (exact) mass is 314 g/mol. The molecule has 3 rings (SSSR count). The van der Waals surface area contributed by atoms with E-state index in [4.69, 9.17) is 10.3 Å². The lowest BCUT2D eigenvalue weighted by Crippen LogP contribution is -1.95. The van der Waals surface area contributed by atoms with Gasteiger partial charge in [-0.3, -0.25) is 0 Å². The Morgan fingerprint density at radius 2 is 1.95 bits per heavy atom.